The molecule has 0 aromatic heterocycles. The SMILES string of the molecule is CC1=NO[C@H]2C=CC(=C3C4CC5CC(C4)CC3C5)[C@@H]12. The van der Waals surface area contributed by atoms with Gasteiger partial charge in [-0.25, -0.2) is 0 Å². The van der Waals surface area contributed by atoms with Gasteiger partial charge in [0.05, 0.1) is 11.6 Å². The minimum Gasteiger partial charge on any atom is -0.387 e. The van der Waals surface area contributed by atoms with Gasteiger partial charge in [0.2, 0.25) is 0 Å². The quantitative estimate of drug-likeness (QED) is 0.646. The maximum atomic E-state index is 5.53. The van der Waals surface area contributed by atoms with E-state index in [9.17, 15) is 0 Å². The zero-order chi connectivity index (χ0) is 12.6. The van der Waals surface area contributed by atoms with Gasteiger partial charge in [0.15, 0.2) is 6.10 Å². The van der Waals surface area contributed by atoms with Crippen LogP contribution in [-0.4, -0.2) is 11.8 Å². The van der Waals surface area contributed by atoms with Crippen molar-refractivity contribution in [3.63, 3.8) is 0 Å². The van der Waals surface area contributed by atoms with Gasteiger partial charge in [-0.3, -0.25) is 0 Å². The molecule has 0 radical (unpaired) electrons. The third-order valence-corrected chi connectivity index (χ3v) is 6.25. The number of nitrogens with zero attached hydrogens (tertiary/aromatic N) is 1. The molecule has 0 unspecified atom stereocenters. The van der Waals surface area contributed by atoms with Crippen LogP contribution in [0.1, 0.15) is 39.0 Å². The molecule has 0 N–H and O–H groups in total. The standard InChI is InChI=1S/C17H21NO/c1-9-16-14(2-3-15(16)19-18-9)17-12-5-10-4-11(7-12)8-13(17)6-10/h2-3,10-13,15-16H,4-8H2,1H3/t10?,11?,12?,13?,15-,16+/m0/s1. The number of hydrogen-bond donors (Lipinski definition) is 0. The molecule has 0 aromatic rings. The van der Waals surface area contributed by atoms with E-state index < -0.39 is 0 Å². The molecule has 100 valence electrons. The van der Waals surface area contributed by atoms with E-state index in [1.54, 1.807) is 5.57 Å². The number of oxime groups is 1. The smallest absolute Gasteiger partial charge is 0.158 e. The fourth-order valence-corrected chi connectivity index (χ4v) is 5.79. The fraction of sp³-hybridized carbons (Fsp3) is 0.706. The topological polar surface area (TPSA) is 21.6 Å². The highest BCUT2D eigenvalue weighted by atomic mass is 16.6. The fourth-order valence-electron chi connectivity index (χ4n) is 5.79. The predicted molar refractivity (Wildman–Crippen MR) is 74.7 cm³/mol. The van der Waals surface area contributed by atoms with Crippen LogP contribution in [-0.2, 0) is 4.84 Å². The lowest BCUT2D eigenvalue weighted by Gasteiger charge is -2.52. The van der Waals surface area contributed by atoms with Crippen molar-refractivity contribution >= 4 is 5.71 Å². The molecule has 2 atom stereocenters. The molecule has 6 aliphatic rings. The summed E-state index contributed by atoms with van der Waals surface area (Å²) >= 11 is 0. The van der Waals surface area contributed by atoms with Crippen molar-refractivity contribution in [1.29, 1.82) is 0 Å². The summed E-state index contributed by atoms with van der Waals surface area (Å²) in [4.78, 5) is 5.53. The van der Waals surface area contributed by atoms with Gasteiger partial charge >= 0.3 is 0 Å². The minimum absolute atomic E-state index is 0.208. The molecule has 4 saturated carbocycles. The Morgan fingerprint density at radius 3 is 2.42 bits per heavy atom. The molecular weight excluding hydrogens is 234 g/mol. The molecule has 0 spiro atoms. The zero-order valence-electron chi connectivity index (χ0n) is 11.5. The Balaban J connectivity index is 1.60. The van der Waals surface area contributed by atoms with Crippen LogP contribution in [0.3, 0.4) is 0 Å². The molecule has 2 nitrogen and oxygen atoms in total. The predicted octanol–water partition coefficient (Wildman–Crippen LogP) is 3.70. The second-order valence-electron chi connectivity index (χ2n) is 7.35. The average molecular weight is 255 g/mol. The van der Waals surface area contributed by atoms with E-state index >= 15 is 0 Å². The van der Waals surface area contributed by atoms with E-state index in [2.05, 4.69) is 24.2 Å². The van der Waals surface area contributed by atoms with Crippen molar-refractivity contribution in [2.75, 3.05) is 0 Å². The van der Waals surface area contributed by atoms with Crippen LogP contribution < -0.4 is 0 Å². The second-order valence-corrected chi connectivity index (χ2v) is 7.35. The normalized spacial score (nSPS) is 49.6. The maximum absolute atomic E-state index is 5.53. The molecule has 0 aromatic carbocycles. The van der Waals surface area contributed by atoms with Crippen molar-refractivity contribution in [2.24, 2.45) is 34.7 Å². The minimum atomic E-state index is 0.208. The Morgan fingerprint density at radius 1 is 1.05 bits per heavy atom. The Labute approximate surface area is 114 Å². The molecule has 0 saturated heterocycles. The van der Waals surface area contributed by atoms with E-state index in [-0.39, 0.29) is 6.10 Å². The summed E-state index contributed by atoms with van der Waals surface area (Å²) in [5, 5.41) is 4.21. The number of allylic oxidation sites excluding steroid dienone is 2. The highest BCUT2D eigenvalue weighted by Gasteiger charge is 2.48. The first-order valence-corrected chi connectivity index (χ1v) is 7.92. The Morgan fingerprint density at radius 2 is 1.74 bits per heavy atom. The van der Waals surface area contributed by atoms with Crippen LogP contribution in [0.5, 0.6) is 0 Å². The van der Waals surface area contributed by atoms with E-state index in [1.165, 1.54) is 37.8 Å². The number of hydrogen-bond acceptors (Lipinski definition) is 2. The van der Waals surface area contributed by atoms with Gasteiger partial charge in [-0.2, -0.15) is 0 Å². The zero-order valence-corrected chi connectivity index (χ0v) is 11.5. The summed E-state index contributed by atoms with van der Waals surface area (Å²) in [6.07, 6.45) is 12.2. The summed E-state index contributed by atoms with van der Waals surface area (Å²) in [6.45, 7) is 2.13. The van der Waals surface area contributed by atoms with E-state index in [0.717, 1.165) is 23.7 Å². The lowest BCUT2D eigenvalue weighted by Crippen LogP contribution is -2.41. The molecule has 6 rings (SSSR count). The monoisotopic (exact) mass is 255 g/mol. The summed E-state index contributed by atoms with van der Waals surface area (Å²) in [5.41, 5.74) is 4.60. The van der Waals surface area contributed by atoms with Crippen LogP contribution >= 0.6 is 0 Å². The number of fused-ring (bicyclic) bond motifs is 1. The van der Waals surface area contributed by atoms with E-state index in [0.29, 0.717) is 5.92 Å². The largest absolute Gasteiger partial charge is 0.387 e. The van der Waals surface area contributed by atoms with Crippen molar-refractivity contribution in [3.8, 4) is 0 Å². The van der Waals surface area contributed by atoms with Crippen molar-refractivity contribution in [3.05, 3.63) is 23.3 Å². The Kier molecular flexibility index (Phi) is 1.99. The average Bonchev–Trinajstić information content (AvgIpc) is 2.93. The first-order chi connectivity index (χ1) is 9.29. The Bertz CT molecular complexity index is 497. The van der Waals surface area contributed by atoms with Gasteiger partial charge in [-0.1, -0.05) is 16.8 Å². The molecule has 4 bridgehead atoms. The Hall–Kier alpha value is -1.05. The first kappa shape index (κ1) is 10.7. The molecule has 19 heavy (non-hydrogen) atoms. The van der Waals surface area contributed by atoms with Gasteiger partial charge in [0.25, 0.3) is 0 Å². The molecule has 4 fully saturated rings. The van der Waals surface area contributed by atoms with Gasteiger partial charge < -0.3 is 4.84 Å². The third kappa shape index (κ3) is 1.35. The van der Waals surface area contributed by atoms with Crippen LogP contribution in [0, 0.1) is 29.6 Å². The van der Waals surface area contributed by atoms with Crippen molar-refractivity contribution < 1.29 is 4.84 Å². The van der Waals surface area contributed by atoms with Crippen molar-refractivity contribution in [1.82, 2.24) is 0 Å². The van der Waals surface area contributed by atoms with E-state index in [1.807, 2.05) is 5.57 Å². The summed E-state index contributed by atoms with van der Waals surface area (Å²) in [6, 6.07) is 0. The molecular formula is C17H21NO. The van der Waals surface area contributed by atoms with Crippen LogP contribution in [0.25, 0.3) is 0 Å². The summed E-state index contributed by atoms with van der Waals surface area (Å²) < 4.78 is 0. The highest BCUT2D eigenvalue weighted by Crippen LogP contribution is 2.58. The van der Waals surface area contributed by atoms with Gasteiger partial charge in [0, 0.05) is 0 Å². The lowest BCUT2D eigenvalue weighted by atomic mass is 9.53. The van der Waals surface area contributed by atoms with E-state index in [4.69, 9.17) is 4.84 Å². The number of rotatable bonds is 0. The summed E-state index contributed by atoms with van der Waals surface area (Å²) in [7, 11) is 0. The second kappa shape index (κ2) is 3.53. The first-order valence-electron chi connectivity index (χ1n) is 7.92. The van der Waals surface area contributed by atoms with Crippen LogP contribution in [0.2, 0.25) is 0 Å². The van der Waals surface area contributed by atoms with Gasteiger partial charge in [-0.15, -0.1) is 0 Å². The van der Waals surface area contributed by atoms with Crippen LogP contribution in [0.4, 0.5) is 0 Å². The molecule has 1 heterocycles. The van der Waals surface area contributed by atoms with Crippen molar-refractivity contribution in [2.45, 2.75) is 45.1 Å². The summed E-state index contributed by atoms with van der Waals surface area (Å²) in [5.74, 6) is 4.32. The molecule has 1 aliphatic heterocycles. The maximum Gasteiger partial charge on any atom is 0.158 e. The molecule has 0 amide bonds. The van der Waals surface area contributed by atoms with Crippen LogP contribution in [0.15, 0.2) is 28.5 Å². The molecule has 2 heteroatoms. The highest BCUT2D eigenvalue weighted by molar-refractivity contribution is 5.90. The van der Waals surface area contributed by atoms with Gasteiger partial charge in [-0.05, 0) is 74.3 Å². The third-order valence-electron chi connectivity index (χ3n) is 6.25. The lowest BCUT2D eigenvalue weighted by molar-refractivity contribution is 0.0668. The molecule has 5 aliphatic carbocycles. The van der Waals surface area contributed by atoms with Gasteiger partial charge in [0.1, 0.15) is 0 Å².